The molecule has 188 valence electrons. The minimum atomic E-state index is -0.594. The summed E-state index contributed by atoms with van der Waals surface area (Å²) in [5, 5.41) is 10.5. The van der Waals surface area contributed by atoms with E-state index in [0.717, 1.165) is 6.42 Å². The molecule has 3 aromatic rings. The summed E-state index contributed by atoms with van der Waals surface area (Å²) in [4.78, 5) is 32.3. The van der Waals surface area contributed by atoms with Crippen LogP contribution in [-0.4, -0.2) is 45.0 Å². The number of hydrogen-bond acceptors (Lipinski definition) is 6. The van der Waals surface area contributed by atoms with Crippen LogP contribution in [0.5, 0.6) is 0 Å². The Morgan fingerprint density at radius 3 is 2.83 bits per heavy atom. The lowest BCUT2D eigenvalue weighted by Crippen LogP contribution is -2.44. The maximum Gasteiger partial charge on any atom is 0.410 e. The first-order valence-corrected chi connectivity index (χ1v) is 13.8. The van der Waals surface area contributed by atoms with E-state index in [0.29, 0.717) is 39.8 Å². The molecule has 3 fully saturated rings. The summed E-state index contributed by atoms with van der Waals surface area (Å²) in [5.41, 5.74) is 0.666. The Morgan fingerprint density at radius 1 is 1.42 bits per heavy atom. The molecule has 1 unspecified atom stereocenters. The third-order valence-electron chi connectivity index (χ3n) is 6.97. The van der Waals surface area contributed by atoms with Crippen molar-refractivity contribution in [1.82, 2.24) is 14.5 Å². The van der Waals surface area contributed by atoms with Gasteiger partial charge in [-0.05, 0) is 67.4 Å². The lowest BCUT2D eigenvalue weighted by Gasteiger charge is -2.39. The van der Waals surface area contributed by atoms with E-state index >= 15 is 4.39 Å². The molecular formula is C26H26BrFN4O3S. The van der Waals surface area contributed by atoms with Crippen molar-refractivity contribution >= 4 is 55.6 Å². The van der Waals surface area contributed by atoms with Crippen LogP contribution in [0.4, 0.5) is 9.18 Å². The van der Waals surface area contributed by atoms with Gasteiger partial charge in [-0.15, -0.1) is 11.8 Å². The number of hydrogen-bond donors (Lipinski definition) is 0. The number of carbonyl (C=O) groups excluding carboxylic acids is 1. The third-order valence-corrected chi connectivity index (χ3v) is 8.51. The number of fused-ring (bicyclic) bond motifs is 4. The normalized spacial score (nSPS) is 21.0. The predicted molar refractivity (Wildman–Crippen MR) is 141 cm³/mol. The van der Waals surface area contributed by atoms with Crippen molar-refractivity contribution in [3.05, 3.63) is 44.4 Å². The Bertz CT molecular complexity index is 1510. The number of ether oxygens (including phenoxy) is 1. The molecule has 7 nitrogen and oxygen atoms in total. The minimum absolute atomic E-state index is 0.0600. The Hall–Kier alpha value is -2.64. The largest absolute Gasteiger partial charge is 0.444 e. The highest BCUT2D eigenvalue weighted by Crippen LogP contribution is 2.51. The first kappa shape index (κ1) is 25.0. The molecule has 36 heavy (non-hydrogen) atoms. The van der Waals surface area contributed by atoms with Gasteiger partial charge in [0.15, 0.2) is 11.2 Å². The molecule has 6 rings (SSSR count). The lowest BCUT2D eigenvalue weighted by molar-refractivity contribution is 0.0210. The van der Waals surface area contributed by atoms with Crippen molar-refractivity contribution in [3.8, 4) is 6.07 Å². The van der Waals surface area contributed by atoms with Crippen molar-refractivity contribution in [2.24, 2.45) is 5.92 Å². The number of nitrogens with zero attached hydrogens (tertiary/aromatic N) is 4. The third kappa shape index (κ3) is 3.97. The van der Waals surface area contributed by atoms with Gasteiger partial charge in [-0.2, -0.15) is 5.26 Å². The van der Waals surface area contributed by atoms with E-state index in [4.69, 9.17) is 10.00 Å². The minimum Gasteiger partial charge on any atom is -0.444 e. The predicted octanol–water partition coefficient (Wildman–Crippen LogP) is 5.81. The van der Waals surface area contributed by atoms with Crippen molar-refractivity contribution in [1.29, 1.82) is 5.26 Å². The molecule has 1 saturated carbocycles. The molecule has 1 aromatic carbocycles. The van der Waals surface area contributed by atoms with Gasteiger partial charge in [-0.25, -0.2) is 14.2 Å². The maximum atomic E-state index is 15.6. The highest BCUT2D eigenvalue weighted by molar-refractivity contribution is 9.10. The van der Waals surface area contributed by atoms with E-state index < -0.39 is 11.4 Å². The summed E-state index contributed by atoms with van der Waals surface area (Å²) in [6.07, 6.45) is 4.69. The maximum absolute atomic E-state index is 15.6. The summed E-state index contributed by atoms with van der Waals surface area (Å²) >= 11 is 4.65. The number of rotatable bonds is 4. The van der Waals surface area contributed by atoms with Gasteiger partial charge in [0.05, 0.1) is 33.5 Å². The highest BCUT2D eigenvalue weighted by Gasteiger charge is 2.55. The van der Waals surface area contributed by atoms with Crippen LogP contribution in [0.3, 0.4) is 0 Å². The van der Waals surface area contributed by atoms with E-state index in [-0.39, 0.29) is 45.9 Å². The summed E-state index contributed by atoms with van der Waals surface area (Å²) in [6, 6.07) is 5.33. The molecule has 1 amide bonds. The van der Waals surface area contributed by atoms with Gasteiger partial charge in [-0.1, -0.05) is 0 Å². The molecule has 0 radical (unpaired) electrons. The van der Waals surface area contributed by atoms with E-state index in [1.54, 1.807) is 11.1 Å². The zero-order chi connectivity index (χ0) is 25.9. The Kier molecular flexibility index (Phi) is 6.28. The first-order chi connectivity index (χ1) is 17.1. The van der Waals surface area contributed by atoms with Gasteiger partial charge >= 0.3 is 6.09 Å². The second kappa shape index (κ2) is 9.03. The van der Waals surface area contributed by atoms with Gasteiger partial charge < -0.3 is 14.2 Å². The van der Waals surface area contributed by atoms with E-state index in [9.17, 15) is 9.59 Å². The van der Waals surface area contributed by atoms with Gasteiger partial charge in [0.25, 0.3) is 0 Å². The lowest BCUT2D eigenvalue weighted by atomic mass is 9.79. The number of aromatic nitrogens is 2. The number of halogens is 2. The fourth-order valence-corrected chi connectivity index (χ4v) is 6.53. The molecule has 0 spiro atoms. The van der Waals surface area contributed by atoms with Gasteiger partial charge in [0, 0.05) is 36.5 Å². The molecule has 10 heteroatoms. The summed E-state index contributed by atoms with van der Waals surface area (Å²) in [5.74, 6) is -0.306. The van der Waals surface area contributed by atoms with Crippen molar-refractivity contribution in [2.75, 3.05) is 12.8 Å². The van der Waals surface area contributed by atoms with E-state index in [1.807, 2.05) is 37.7 Å². The first-order valence-electron chi connectivity index (χ1n) is 11.8. The summed E-state index contributed by atoms with van der Waals surface area (Å²) in [7, 11) is 0. The fraction of sp³-hybridized carbons (Fsp3) is 0.462. The smallest absolute Gasteiger partial charge is 0.410 e. The Morgan fingerprint density at radius 2 is 2.17 bits per heavy atom. The van der Waals surface area contributed by atoms with Crippen molar-refractivity contribution in [2.45, 2.75) is 62.7 Å². The molecular weight excluding hydrogens is 547 g/mol. The second-order valence-corrected chi connectivity index (χ2v) is 11.9. The summed E-state index contributed by atoms with van der Waals surface area (Å²) < 4.78 is 23.5. The van der Waals surface area contributed by atoms with Crippen LogP contribution in [0.1, 0.15) is 45.2 Å². The van der Waals surface area contributed by atoms with Gasteiger partial charge in [0.1, 0.15) is 16.1 Å². The van der Waals surface area contributed by atoms with E-state index in [1.165, 1.54) is 17.8 Å². The van der Waals surface area contributed by atoms with Crippen LogP contribution in [0.2, 0.25) is 0 Å². The van der Waals surface area contributed by atoms with Crippen LogP contribution in [0.15, 0.2) is 32.6 Å². The number of pyridine rings is 2. The average molecular weight is 573 g/mol. The summed E-state index contributed by atoms with van der Waals surface area (Å²) in [6.45, 7) is 6.11. The molecule has 2 saturated heterocycles. The molecule has 4 heterocycles. The number of benzene rings is 1. The molecule has 2 aliphatic heterocycles. The molecule has 0 N–H and O–H groups in total. The zero-order valence-electron chi connectivity index (χ0n) is 20.5. The molecule has 2 aromatic heterocycles. The number of aryl methyl sites for hydroxylation is 1. The fourth-order valence-electron chi connectivity index (χ4n) is 5.45. The highest BCUT2D eigenvalue weighted by atomic mass is 79.9. The number of amides is 1. The second-order valence-electron chi connectivity index (χ2n) is 10.3. The van der Waals surface area contributed by atoms with Crippen molar-refractivity contribution < 1.29 is 13.9 Å². The monoisotopic (exact) mass is 572 g/mol. The quantitative estimate of drug-likeness (QED) is 0.289. The van der Waals surface area contributed by atoms with Crippen molar-refractivity contribution in [3.63, 3.8) is 0 Å². The number of thioether (sulfide) groups is 1. The number of carbonyl (C=O) groups is 1. The Labute approximate surface area is 220 Å². The van der Waals surface area contributed by atoms with Crippen LogP contribution >= 0.6 is 27.7 Å². The molecule has 1 aliphatic carbocycles. The molecule has 2 bridgehead atoms. The van der Waals surface area contributed by atoms with Crippen LogP contribution in [0, 0.1) is 23.1 Å². The SMILES string of the molecule is CSc1nc2c(F)c(Br)c(CCC#N)cc2c2c1c(=O)ccn2C1[C@@H]2C[C@H]1N(C(=O)OC(C)(C)C)C2. The van der Waals surface area contributed by atoms with Crippen LogP contribution in [-0.2, 0) is 11.2 Å². The van der Waals surface area contributed by atoms with Crippen LogP contribution in [0.25, 0.3) is 21.8 Å². The van der Waals surface area contributed by atoms with Gasteiger partial charge in [-0.3, -0.25) is 4.79 Å². The number of nitriles is 1. The van der Waals surface area contributed by atoms with Crippen LogP contribution < -0.4 is 5.43 Å². The standard InChI is InChI=1S/C26H26BrFN4O3S/c1-26(2,3)35-25(34)32-12-14-11-16(32)22(14)31-9-7-17(33)18-23(31)15-10-13(6-5-8-29)19(27)20(28)21(15)30-24(18)36-4/h7,9-10,14,16,22H,5-6,11-12H2,1-4H3/t14-,16-,22?/m1/s1. The molecule has 3 atom stereocenters. The van der Waals surface area contributed by atoms with E-state index in [2.05, 4.69) is 27.0 Å². The topological polar surface area (TPSA) is 88.2 Å². The average Bonchev–Trinajstić information content (AvgIpc) is 3.41. The Balaban J connectivity index is 1.72. The molecule has 3 aliphatic rings. The van der Waals surface area contributed by atoms with Gasteiger partial charge in [0.2, 0.25) is 0 Å². The zero-order valence-corrected chi connectivity index (χ0v) is 22.9.